The van der Waals surface area contributed by atoms with E-state index in [2.05, 4.69) is 9.88 Å². The highest BCUT2D eigenvalue weighted by Gasteiger charge is 2.30. The van der Waals surface area contributed by atoms with Gasteiger partial charge in [-0.15, -0.1) is 11.3 Å². The quantitative estimate of drug-likeness (QED) is 0.807. The van der Waals surface area contributed by atoms with Crippen LogP contribution in [0.3, 0.4) is 0 Å². The molecule has 2 heterocycles. The van der Waals surface area contributed by atoms with E-state index >= 15 is 0 Å². The Balaban J connectivity index is 1.64. The van der Waals surface area contributed by atoms with Gasteiger partial charge < -0.3 is 4.90 Å². The van der Waals surface area contributed by atoms with E-state index in [-0.39, 0.29) is 5.91 Å². The minimum absolute atomic E-state index is 0.102. The Hall–Kier alpha value is -1.93. The lowest BCUT2D eigenvalue weighted by Gasteiger charge is -2.20. The first-order valence-electron chi connectivity index (χ1n) is 8.43. The standard InChI is InChI=1S/C18H20F3N3OS/c1-13(25)24-8-2-7-23(9-10-24)11-16-12-26-17(22-16)14-3-5-15(6-4-14)18(19,20)21/h3-6,12H,2,7-11H2,1H3. The number of halogens is 3. The number of thiazole rings is 1. The molecule has 8 heteroatoms. The molecule has 1 fully saturated rings. The molecule has 1 aromatic heterocycles. The Morgan fingerprint density at radius 2 is 1.88 bits per heavy atom. The van der Waals surface area contributed by atoms with Gasteiger partial charge in [-0.25, -0.2) is 4.98 Å². The molecule has 0 unspecified atom stereocenters. The average Bonchev–Trinajstić information content (AvgIpc) is 2.92. The maximum Gasteiger partial charge on any atom is 0.416 e. The number of carbonyl (C=O) groups excluding carboxylic acids is 1. The summed E-state index contributed by atoms with van der Waals surface area (Å²) in [5.41, 5.74) is 0.937. The van der Waals surface area contributed by atoms with Gasteiger partial charge in [0.05, 0.1) is 11.3 Å². The van der Waals surface area contributed by atoms with Crippen molar-refractivity contribution in [3.05, 3.63) is 40.9 Å². The first-order valence-corrected chi connectivity index (χ1v) is 9.31. The maximum atomic E-state index is 12.7. The van der Waals surface area contributed by atoms with Crippen LogP contribution in [0, 0.1) is 0 Å². The normalized spacial score (nSPS) is 16.5. The SMILES string of the molecule is CC(=O)N1CCCN(Cc2csc(-c3ccc(C(F)(F)F)cc3)n2)CC1. The van der Waals surface area contributed by atoms with Crippen molar-refractivity contribution in [2.24, 2.45) is 0 Å². The van der Waals surface area contributed by atoms with Crippen molar-refractivity contribution in [3.63, 3.8) is 0 Å². The van der Waals surface area contributed by atoms with E-state index < -0.39 is 11.7 Å². The number of rotatable bonds is 3. The van der Waals surface area contributed by atoms with Crippen LogP contribution in [0.5, 0.6) is 0 Å². The number of amides is 1. The first-order chi connectivity index (χ1) is 12.3. The topological polar surface area (TPSA) is 36.4 Å². The number of carbonyl (C=O) groups is 1. The van der Waals surface area contributed by atoms with Gasteiger partial charge in [0.25, 0.3) is 0 Å². The molecule has 1 aliphatic rings. The molecule has 0 saturated carbocycles. The van der Waals surface area contributed by atoms with Crippen LogP contribution in [0.4, 0.5) is 13.2 Å². The summed E-state index contributed by atoms with van der Waals surface area (Å²) in [5, 5.41) is 2.66. The fourth-order valence-corrected chi connectivity index (χ4v) is 3.80. The molecular weight excluding hydrogens is 363 g/mol. The lowest BCUT2D eigenvalue weighted by molar-refractivity contribution is -0.137. The largest absolute Gasteiger partial charge is 0.416 e. The van der Waals surface area contributed by atoms with Gasteiger partial charge in [-0.2, -0.15) is 13.2 Å². The fraction of sp³-hybridized carbons (Fsp3) is 0.444. The molecule has 1 aromatic carbocycles. The predicted molar refractivity (Wildman–Crippen MR) is 94.7 cm³/mol. The van der Waals surface area contributed by atoms with Gasteiger partial charge >= 0.3 is 6.18 Å². The Labute approximate surface area is 154 Å². The van der Waals surface area contributed by atoms with Crippen LogP contribution in [0.2, 0.25) is 0 Å². The molecule has 1 amide bonds. The molecule has 4 nitrogen and oxygen atoms in total. The van der Waals surface area contributed by atoms with Crippen molar-refractivity contribution in [1.82, 2.24) is 14.8 Å². The Morgan fingerprint density at radius 1 is 1.15 bits per heavy atom. The van der Waals surface area contributed by atoms with E-state index in [0.29, 0.717) is 23.7 Å². The van der Waals surface area contributed by atoms with Crippen LogP contribution in [-0.2, 0) is 17.5 Å². The summed E-state index contributed by atoms with van der Waals surface area (Å²) in [7, 11) is 0. The second-order valence-corrected chi connectivity index (χ2v) is 7.21. The van der Waals surface area contributed by atoms with E-state index in [4.69, 9.17) is 0 Å². The third kappa shape index (κ3) is 4.62. The zero-order chi connectivity index (χ0) is 18.7. The predicted octanol–water partition coefficient (Wildman–Crippen LogP) is 3.88. The van der Waals surface area contributed by atoms with Crippen molar-refractivity contribution >= 4 is 17.2 Å². The Morgan fingerprint density at radius 3 is 2.54 bits per heavy atom. The lowest BCUT2D eigenvalue weighted by Crippen LogP contribution is -2.33. The second kappa shape index (κ2) is 7.75. The molecule has 0 N–H and O–H groups in total. The minimum atomic E-state index is -4.33. The van der Waals surface area contributed by atoms with Crippen LogP contribution in [0.25, 0.3) is 10.6 Å². The maximum absolute atomic E-state index is 12.7. The highest BCUT2D eigenvalue weighted by molar-refractivity contribution is 7.13. The van der Waals surface area contributed by atoms with Crippen LogP contribution < -0.4 is 0 Å². The van der Waals surface area contributed by atoms with Crippen LogP contribution in [0.1, 0.15) is 24.6 Å². The number of hydrogen-bond acceptors (Lipinski definition) is 4. The highest BCUT2D eigenvalue weighted by Crippen LogP contribution is 2.31. The summed E-state index contributed by atoms with van der Waals surface area (Å²) < 4.78 is 38.0. The van der Waals surface area contributed by atoms with Gasteiger partial charge in [0.15, 0.2) is 0 Å². The van der Waals surface area contributed by atoms with Crippen molar-refractivity contribution in [2.75, 3.05) is 26.2 Å². The summed E-state index contributed by atoms with van der Waals surface area (Å²) >= 11 is 1.43. The summed E-state index contributed by atoms with van der Waals surface area (Å²) in [6.45, 7) is 5.46. The van der Waals surface area contributed by atoms with Crippen molar-refractivity contribution in [2.45, 2.75) is 26.1 Å². The fourth-order valence-electron chi connectivity index (χ4n) is 2.99. The van der Waals surface area contributed by atoms with Crippen LogP contribution >= 0.6 is 11.3 Å². The van der Waals surface area contributed by atoms with Crippen molar-refractivity contribution in [1.29, 1.82) is 0 Å². The number of hydrogen-bond donors (Lipinski definition) is 0. The smallest absolute Gasteiger partial charge is 0.342 e. The molecule has 0 radical (unpaired) electrons. The number of nitrogens with zero attached hydrogens (tertiary/aromatic N) is 3. The van der Waals surface area contributed by atoms with Crippen molar-refractivity contribution < 1.29 is 18.0 Å². The third-order valence-electron chi connectivity index (χ3n) is 4.43. The molecule has 0 bridgehead atoms. The number of aromatic nitrogens is 1. The van der Waals surface area contributed by atoms with Gasteiger partial charge in [-0.05, 0) is 18.6 Å². The van der Waals surface area contributed by atoms with Crippen LogP contribution in [0.15, 0.2) is 29.6 Å². The molecule has 26 heavy (non-hydrogen) atoms. The Bertz CT molecular complexity index is 758. The lowest BCUT2D eigenvalue weighted by atomic mass is 10.1. The zero-order valence-corrected chi connectivity index (χ0v) is 15.2. The van der Waals surface area contributed by atoms with E-state index in [1.165, 1.54) is 23.5 Å². The average molecular weight is 383 g/mol. The summed E-state index contributed by atoms with van der Waals surface area (Å²) in [5.74, 6) is 0.102. The third-order valence-corrected chi connectivity index (χ3v) is 5.37. The molecule has 3 rings (SSSR count). The van der Waals surface area contributed by atoms with Gasteiger partial charge in [0, 0.05) is 50.6 Å². The zero-order valence-electron chi connectivity index (χ0n) is 14.4. The molecule has 140 valence electrons. The minimum Gasteiger partial charge on any atom is -0.342 e. The van der Waals surface area contributed by atoms with E-state index in [1.807, 2.05) is 10.3 Å². The number of alkyl halides is 3. The van der Waals surface area contributed by atoms with Gasteiger partial charge in [0.2, 0.25) is 5.91 Å². The molecule has 0 spiro atoms. The van der Waals surface area contributed by atoms with Gasteiger partial charge in [-0.1, -0.05) is 12.1 Å². The van der Waals surface area contributed by atoms with E-state index in [1.54, 1.807) is 6.92 Å². The van der Waals surface area contributed by atoms with Gasteiger partial charge in [-0.3, -0.25) is 9.69 Å². The molecule has 0 aliphatic carbocycles. The summed E-state index contributed by atoms with van der Waals surface area (Å²) in [6, 6.07) is 5.09. The van der Waals surface area contributed by atoms with E-state index in [0.717, 1.165) is 43.9 Å². The first kappa shape index (κ1) is 18.8. The highest BCUT2D eigenvalue weighted by atomic mass is 32.1. The van der Waals surface area contributed by atoms with Gasteiger partial charge in [0.1, 0.15) is 5.01 Å². The molecule has 0 atom stereocenters. The van der Waals surface area contributed by atoms with E-state index in [9.17, 15) is 18.0 Å². The van der Waals surface area contributed by atoms with Crippen molar-refractivity contribution in [3.8, 4) is 10.6 Å². The molecule has 2 aromatic rings. The number of benzene rings is 1. The summed E-state index contributed by atoms with van der Waals surface area (Å²) in [4.78, 5) is 20.2. The second-order valence-electron chi connectivity index (χ2n) is 6.35. The molecule has 1 aliphatic heterocycles. The Kier molecular flexibility index (Phi) is 5.62. The monoisotopic (exact) mass is 383 g/mol. The molecular formula is C18H20F3N3OS. The molecule has 1 saturated heterocycles. The van der Waals surface area contributed by atoms with Crippen LogP contribution in [-0.4, -0.2) is 46.9 Å². The summed E-state index contributed by atoms with van der Waals surface area (Å²) in [6.07, 6.45) is -3.40.